The molecule has 4 nitrogen and oxygen atoms in total. The number of nitro benzene ring substituents is 1. The number of hydrogen-bond donors (Lipinski definition) is 0. The molecule has 112 valence electrons. The molecule has 2 aromatic rings. The predicted octanol–water partition coefficient (Wildman–Crippen LogP) is 4.50. The van der Waals surface area contributed by atoms with Crippen LogP contribution in [-0.2, 0) is 12.6 Å². The Kier molecular flexibility index (Phi) is 4.11. The Bertz CT molecular complexity index is 684. The molecule has 0 atom stereocenters. The van der Waals surface area contributed by atoms with Crippen molar-refractivity contribution in [3.05, 3.63) is 45.6 Å². The van der Waals surface area contributed by atoms with Crippen LogP contribution in [0.25, 0.3) is 10.9 Å². The minimum absolute atomic E-state index is 0.00148. The van der Waals surface area contributed by atoms with E-state index in [1.165, 1.54) is 6.07 Å². The van der Waals surface area contributed by atoms with E-state index < -0.39 is 22.4 Å². The van der Waals surface area contributed by atoms with Crippen LogP contribution in [0.5, 0.6) is 0 Å². The number of nitrogens with zero attached hydrogens (tertiary/aromatic N) is 2. The average Bonchev–Trinajstić information content (AvgIpc) is 2.42. The molecule has 0 saturated heterocycles. The van der Waals surface area contributed by atoms with Crippen LogP contribution in [0.2, 0.25) is 0 Å². The summed E-state index contributed by atoms with van der Waals surface area (Å²) >= 11 is 0. The molecule has 0 aliphatic carbocycles. The molecule has 0 fully saturated rings. The topological polar surface area (TPSA) is 56.0 Å². The van der Waals surface area contributed by atoms with E-state index in [1.807, 2.05) is 6.92 Å². The number of rotatable bonds is 4. The zero-order valence-electron chi connectivity index (χ0n) is 11.3. The Morgan fingerprint density at radius 2 is 2.00 bits per heavy atom. The van der Waals surface area contributed by atoms with Crippen LogP contribution >= 0.6 is 0 Å². The van der Waals surface area contributed by atoms with Gasteiger partial charge in [0.1, 0.15) is 5.52 Å². The third kappa shape index (κ3) is 3.29. The minimum Gasteiger partial charge on any atom is -0.258 e. The van der Waals surface area contributed by atoms with Crippen LogP contribution in [0, 0.1) is 10.1 Å². The fourth-order valence-corrected chi connectivity index (χ4v) is 2.06. The highest BCUT2D eigenvalue weighted by atomic mass is 19.4. The maximum absolute atomic E-state index is 12.8. The summed E-state index contributed by atoms with van der Waals surface area (Å²) in [4.78, 5) is 14.3. The van der Waals surface area contributed by atoms with E-state index in [9.17, 15) is 23.3 Å². The van der Waals surface area contributed by atoms with Crippen molar-refractivity contribution in [2.45, 2.75) is 32.4 Å². The smallest absolute Gasteiger partial charge is 0.258 e. The quantitative estimate of drug-likeness (QED) is 0.616. The summed E-state index contributed by atoms with van der Waals surface area (Å²) in [5.74, 6) is 0. The van der Waals surface area contributed by atoms with E-state index in [2.05, 4.69) is 4.98 Å². The van der Waals surface area contributed by atoms with Gasteiger partial charge in [0.2, 0.25) is 0 Å². The Labute approximate surface area is 118 Å². The van der Waals surface area contributed by atoms with E-state index in [0.717, 1.165) is 18.9 Å². The van der Waals surface area contributed by atoms with E-state index in [-0.39, 0.29) is 10.9 Å². The predicted molar refractivity (Wildman–Crippen MR) is 72.0 cm³/mol. The molecule has 0 spiro atoms. The first kappa shape index (κ1) is 15.2. The standard InChI is InChI=1S/C14H13F3N2O2/c1-2-3-4-11-6-5-9-7-10(14(15,16)17)8-12(19(20)21)13(9)18-11/h5-8H,2-4H2,1H3. The number of pyridine rings is 1. The molecule has 1 aromatic carbocycles. The minimum atomic E-state index is -4.63. The van der Waals surface area contributed by atoms with Crippen LogP contribution in [0.15, 0.2) is 24.3 Å². The third-order valence-electron chi connectivity index (χ3n) is 3.14. The molecule has 0 bridgehead atoms. The van der Waals surface area contributed by atoms with Crippen molar-refractivity contribution in [3.63, 3.8) is 0 Å². The summed E-state index contributed by atoms with van der Waals surface area (Å²) in [6.07, 6.45) is -2.17. The van der Waals surface area contributed by atoms with Gasteiger partial charge in [-0.2, -0.15) is 13.2 Å². The molecule has 0 radical (unpaired) electrons. The summed E-state index contributed by atoms with van der Waals surface area (Å²) in [5, 5.41) is 11.1. The molecule has 2 rings (SSSR count). The number of nitro groups is 1. The van der Waals surface area contributed by atoms with Crippen molar-refractivity contribution in [2.24, 2.45) is 0 Å². The molecule has 21 heavy (non-hydrogen) atoms. The van der Waals surface area contributed by atoms with E-state index in [4.69, 9.17) is 0 Å². The van der Waals surface area contributed by atoms with Crippen LogP contribution in [0.1, 0.15) is 31.0 Å². The molecule has 0 aliphatic heterocycles. The second-order valence-electron chi connectivity index (χ2n) is 4.73. The fraction of sp³-hybridized carbons (Fsp3) is 0.357. The zero-order chi connectivity index (χ0) is 15.6. The average molecular weight is 298 g/mol. The number of aryl methyl sites for hydroxylation is 1. The van der Waals surface area contributed by atoms with E-state index in [1.54, 1.807) is 6.07 Å². The van der Waals surface area contributed by atoms with E-state index >= 15 is 0 Å². The first-order valence-electron chi connectivity index (χ1n) is 6.48. The molecule has 7 heteroatoms. The number of benzene rings is 1. The summed E-state index contributed by atoms with van der Waals surface area (Å²) in [6.45, 7) is 2.00. The SMILES string of the molecule is CCCCc1ccc2cc(C(F)(F)F)cc([N+](=O)[O-])c2n1. The summed E-state index contributed by atoms with van der Waals surface area (Å²) < 4.78 is 38.3. The van der Waals surface area contributed by atoms with Gasteiger partial charge < -0.3 is 0 Å². The molecular weight excluding hydrogens is 285 g/mol. The van der Waals surface area contributed by atoms with Crippen LogP contribution in [-0.4, -0.2) is 9.91 Å². The highest BCUT2D eigenvalue weighted by molar-refractivity contribution is 5.88. The summed E-state index contributed by atoms with van der Waals surface area (Å²) in [5.41, 5.74) is -1.00. The van der Waals surface area contributed by atoms with E-state index in [0.29, 0.717) is 18.2 Å². The molecular formula is C14H13F3N2O2. The van der Waals surface area contributed by atoms with Crippen molar-refractivity contribution >= 4 is 16.6 Å². The maximum Gasteiger partial charge on any atom is 0.416 e. The van der Waals surface area contributed by atoms with Crippen LogP contribution in [0.3, 0.4) is 0 Å². The summed E-state index contributed by atoms with van der Waals surface area (Å²) in [6, 6.07) is 4.50. The van der Waals surface area contributed by atoms with Gasteiger partial charge in [0.05, 0.1) is 10.5 Å². The fourth-order valence-electron chi connectivity index (χ4n) is 2.06. The van der Waals surface area contributed by atoms with Gasteiger partial charge >= 0.3 is 6.18 Å². The first-order valence-corrected chi connectivity index (χ1v) is 6.48. The zero-order valence-corrected chi connectivity index (χ0v) is 11.3. The Morgan fingerprint density at radius 3 is 2.57 bits per heavy atom. The number of aromatic nitrogens is 1. The number of fused-ring (bicyclic) bond motifs is 1. The Morgan fingerprint density at radius 1 is 1.29 bits per heavy atom. The summed E-state index contributed by atoms with van der Waals surface area (Å²) in [7, 11) is 0. The molecule has 0 unspecified atom stereocenters. The lowest BCUT2D eigenvalue weighted by Gasteiger charge is -2.09. The number of non-ortho nitro benzene ring substituents is 1. The number of unbranched alkanes of at least 4 members (excludes halogenated alkanes) is 1. The van der Waals surface area contributed by atoms with Gasteiger partial charge in [0.25, 0.3) is 5.69 Å². The van der Waals surface area contributed by atoms with Crippen molar-refractivity contribution in [3.8, 4) is 0 Å². The van der Waals surface area contributed by atoms with Gasteiger partial charge in [0.15, 0.2) is 0 Å². The number of alkyl halides is 3. The van der Waals surface area contributed by atoms with Crippen molar-refractivity contribution in [1.82, 2.24) is 4.98 Å². The second kappa shape index (κ2) is 5.67. The van der Waals surface area contributed by atoms with Crippen LogP contribution in [0.4, 0.5) is 18.9 Å². The molecule has 0 aliphatic rings. The normalized spacial score (nSPS) is 11.8. The lowest BCUT2D eigenvalue weighted by molar-refractivity contribution is -0.383. The molecule has 0 saturated carbocycles. The molecule has 0 N–H and O–H groups in total. The van der Waals surface area contributed by atoms with Gasteiger partial charge in [-0.25, -0.2) is 4.98 Å². The highest BCUT2D eigenvalue weighted by Crippen LogP contribution is 2.35. The molecule has 1 aromatic heterocycles. The first-order chi connectivity index (χ1) is 9.82. The van der Waals surface area contributed by atoms with Crippen molar-refractivity contribution in [2.75, 3.05) is 0 Å². The molecule has 0 amide bonds. The van der Waals surface area contributed by atoms with Gasteiger partial charge in [-0.3, -0.25) is 10.1 Å². The highest BCUT2D eigenvalue weighted by Gasteiger charge is 2.33. The maximum atomic E-state index is 12.8. The number of hydrogen-bond acceptors (Lipinski definition) is 3. The van der Waals surface area contributed by atoms with Crippen molar-refractivity contribution < 1.29 is 18.1 Å². The lowest BCUT2D eigenvalue weighted by atomic mass is 10.1. The number of halogens is 3. The Hall–Kier alpha value is -2.18. The van der Waals surface area contributed by atoms with Crippen molar-refractivity contribution in [1.29, 1.82) is 0 Å². The van der Waals surface area contributed by atoms with Gasteiger partial charge in [-0.05, 0) is 25.0 Å². The van der Waals surface area contributed by atoms with Gasteiger partial charge in [-0.1, -0.05) is 19.4 Å². The Balaban J connectivity index is 2.62. The van der Waals surface area contributed by atoms with Crippen LogP contribution < -0.4 is 0 Å². The van der Waals surface area contributed by atoms with Gasteiger partial charge in [-0.15, -0.1) is 0 Å². The molecule has 1 heterocycles. The monoisotopic (exact) mass is 298 g/mol. The largest absolute Gasteiger partial charge is 0.416 e. The van der Waals surface area contributed by atoms with Gasteiger partial charge in [0, 0.05) is 17.1 Å². The second-order valence-corrected chi connectivity index (χ2v) is 4.73. The third-order valence-corrected chi connectivity index (χ3v) is 3.14. The lowest BCUT2D eigenvalue weighted by Crippen LogP contribution is -2.06.